The zero-order valence-electron chi connectivity index (χ0n) is 20.4. The molecule has 1 saturated heterocycles. The quantitative estimate of drug-likeness (QED) is 0.522. The van der Waals surface area contributed by atoms with Crippen LogP contribution in [0.5, 0.6) is 0 Å². The largest absolute Gasteiger partial charge is 0.465 e. The number of aromatic nitrogens is 2. The number of aryl methyl sites for hydroxylation is 1. The van der Waals surface area contributed by atoms with Crippen LogP contribution in [0.25, 0.3) is 0 Å². The Morgan fingerprint density at radius 2 is 1.91 bits per heavy atom. The summed E-state index contributed by atoms with van der Waals surface area (Å²) >= 11 is 0. The van der Waals surface area contributed by atoms with Gasteiger partial charge in [0.15, 0.2) is 0 Å². The predicted octanol–water partition coefficient (Wildman–Crippen LogP) is 2.71. The van der Waals surface area contributed by atoms with Crippen LogP contribution in [0.15, 0.2) is 30.5 Å². The predicted molar refractivity (Wildman–Crippen MR) is 133 cm³/mol. The minimum Gasteiger partial charge on any atom is -0.465 e. The van der Waals surface area contributed by atoms with Crippen molar-refractivity contribution >= 4 is 30.2 Å². The number of likely N-dealkylation sites (tertiary alicyclic amines) is 1. The summed E-state index contributed by atoms with van der Waals surface area (Å²) < 4.78 is 9.76. The smallest absolute Gasteiger partial charge is 0.337 e. The lowest BCUT2D eigenvalue weighted by Crippen LogP contribution is -2.39. The molecule has 1 aromatic carbocycles. The zero-order chi connectivity index (χ0) is 24.5. The van der Waals surface area contributed by atoms with E-state index in [0.29, 0.717) is 56.0 Å². The van der Waals surface area contributed by atoms with Gasteiger partial charge in [-0.2, -0.15) is 0 Å². The van der Waals surface area contributed by atoms with E-state index in [1.54, 1.807) is 31.5 Å². The minimum atomic E-state index is -0.390. The van der Waals surface area contributed by atoms with Gasteiger partial charge in [-0.05, 0) is 43.9 Å². The van der Waals surface area contributed by atoms with Gasteiger partial charge in [-0.15, -0.1) is 12.4 Å². The average Bonchev–Trinajstić information content (AvgIpc) is 2.86. The molecule has 2 aromatic rings. The second-order valence-corrected chi connectivity index (χ2v) is 8.31. The van der Waals surface area contributed by atoms with Crippen LogP contribution in [0.4, 0.5) is 0 Å². The van der Waals surface area contributed by atoms with Crippen molar-refractivity contribution in [1.29, 1.82) is 0 Å². The fourth-order valence-corrected chi connectivity index (χ4v) is 4.11. The molecule has 1 N–H and O–H groups in total. The Balaban J connectivity index is 0.00000432. The molecule has 0 bridgehead atoms. The molecule has 0 radical (unpaired) electrons. The molecule has 0 spiro atoms. The molecular weight excluding hydrogens is 472 g/mol. The van der Waals surface area contributed by atoms with E-state index in [-0.39, 0.29) is 30.1 Å². The van der Waals surface area contributed by atoms with Crippen LogP contribution in [-0.2, 0) is 20.7 Å². The number of ether oxygens (including phenoxy) is 2. The summed E-state index contributed by atoms with van der Waals surface area (Å²) in [5.41, 5.74) is 2.61. The number of hydrogen-bond acceptors (Lipinski definition) is 7. The van der Waals surface area contributed by atoms with E-state index in [4.69, 9.17) is 9.47 Å². The number of nitrogens with one attached hydrogen (secondary N) is 1. The molecule has 1 aliphatic heterocycles. The van der Waals surface area contributed by atoms with Crippen LogP contribution < -0.4 is 5.32 Å². The molecular formula is C25H33ClN4O5. The topological polar surface area (TPSA) is 111 Å². The molecule has 2 heterocycles. The number of hydrogen-bond donors (Lipinski definition) is 1. The third-order valence-electron chi connectivity index (χ3n) is 5.99. The summed E-state index contributed by atoms with van der Waals surface area (Å²) in [6, 6.07) is 7.16. The van der Waals surface area contributed by atoms with Crippen molar-refractivity contribution in [3.05, 3.63) is 58.7 Å². The van der Waals surface area contributed by atoms with Gasteiger partial charge in [-0.25, -0.2) is 14.8 Å². The van der Waals surface area contributed by atoms with Gasteiger partial charge in [0.05, 0.1) is 37.0 Å². The number of carbonyl (C=O) groups excluding carboxylic acids is 3. The van der Waals surface area contributed by atoms with Crippen LogP contribution in [0.1, 0.15) is 63.0 Å². The Bertz CT molecular complexity index is 1020. The molecule has 190 valence electrons. The molecule has 1 aliphatic rings. The normalized spacial score (nSPS) is 13.6. The SMILES string of the molecule is COCCC(=O)N1CCC(c2nc(C)ncc2C(=O)NCCc2cccc(C(=O)OC)c2)CC1.Cl. The van der Waals surface area contributed by atoms with Gasteiger partial charge in [-0.3, -0.25) is 9.59 Å². The maximum atomic E-state index is 13.0. The molecule has 0 saturated carbocycles. The number of amides is 2. The summed E-state index contributed by atoms with van der Waals surface area (Å²) in [5.74, 6) is 0.181. The van der Waals surface area contributed by atoms with Gasteiger partial charge in [0.1, 0.15) is 5.82 Å². The van der Waals surface area contributed by atoms with Gasteiger partial charge in [0.2, 0.25) is 5.91 Å². The van der Waals surface area contributed by atoms with E-state index in [0.717, 1.165) is 24.1 Å². The summed E-state index contributed by atoms with van der Waals surface area (Å²) in [7, 11) is 2.93. The van der Waals surface area contributed by atoms with E-state index < -0.39 is 5.97 Å². The molecule has 3 rings (SSSR count). The van der Waals surface area contributed by atoms with Crippen molar-refractivity contribution in [2.24, 2.45) is 0 Å². The Hall–Kier alpha value is -3.04. The Kier molecular flexibility index (Phi) is 11.1. The standard InChI is InChI=1S/C25H32N4O5.ClH/c1-17-27-16-21(23(28-17)19-8-12-29(13-9-19)22(30)10-14-33-2)24(31)26-11-7-18-5-4-6-20(15-18)25(32)34-3;/h4-6,15-16,19H,7-14H2,1-3H3,(H,26,31);1H. The van der Waals surface area contributed by atoms with Crippen molar-refractivity contribution < 1.29 is 23.9 Å². The zero-order valence-corrected chi connectivity index (χ0v) is 21.2. The molecule has 2 amide bonds. The van der Waals surface area contributed by atoms with Gasteiger partial charge in [0, 0.05) is 38.9 Å². The van der Waals surface area contributed by atoms with Gasteiger partial charge in [0.25, 0.3) is 5.91 Å². The lowest BCUT2D eigenvalue weighted by molar-refractivity contribution is -0.133. The fraction of sp³-hybridized carbons (Fsp3) is 0.480. The highest BCUT2D eigenvalue weighted by molar-refractivity contribution is 5.95. The van der Waals surface area contributed by atoms with E-state index in [2.05, 4.69) is 15.3 Å². The first-order valence-electron chi connectivity index (χ1n) is 11.5. The Morgan fingerprint density at radius 1 is 1.17 bits per heavy atom. The number of esters is 1. The van der Waals surface area contributed by atoms with Crippen LogP contribution in [-0.4, -0.2) is 73.1 Å². The van der Waals surface area contributed by atoms with Gasteiger partial charge < -0.3 is 19.7 Å². The Labute approximate surface area is 212 Å². The third-order valence-corrected chi connectivity index (χ3v) is 5.99. The molecule has 0 unspecified atom stereocenters. The summed E-state index contributed by atoms with van der Waals surface area (Å²) in [5, 5.41) is 2.95. The van der Waals surface area contributed by atoms with Crippen LogP contribution in [0, 0.1) is 6.92 Å². The average molecular weight is 505 g/mol. The lowest BCUT2D eigenvalue weighted by atomic mass is 9.90. The highest BCUT2D eigenvalue weighted by Gasteiger charge is 2.28. The van der Waals surface area contributed by atoms with Crippen LogP contribution >= 0.6 is 12.4 Å². The fourth-order valence-electron chi connectivity index (χ4n) is 4.11. The van der Waals surface area contributed by atoms with Crippen LogP contribution in [0.2, 0.25) is 0 Å². The van der Waals surface area contributed by atoms with Gasteiger partial charge in [-0.1, -0.05) is 12.1 Å². The number of halogens is 1. The number of rotatable bonds is 9. The number of benzene rings is 1. The first-order chi connectivity index (χ1) is 16.4. The van der Waals surface area contributed by atoms with E-state index in [9.17, 15) is 14.4 Å². The van der Waals surface area contributed by atoms with Crippen molar-refractivity contribution in [3.63, 3.8) is 0 Å². The molecule has 0 aliphatic carbocycles. The van der Waals surface area contributed by atoms with Crippen molar-refractivity contribution in [3.8, 4) is 0 Å². The van der Waals surface area contributed by atoms with E-state index in [1.807, 2.05) is 17.9 Å². The maximum absolute atomic E-state index is 13.0. The number of piperidine rings is 1. The number of nitrogens with zero attached hydrogens (tertiary/aromatic N) is 3. The number of carbonyl (C=O) groups is 3. The van der Waals surface area contributed by atoms with E-state index in [1.165, 1.54) is 7.11 Å². The molecule has 35 heavy (non-hydrogen) atoms. The monoisotopic (exact) mass is 504 g/mol. The van der Waals surface area contributed by atoms with Crippen molar-refractivity contribution in [2.45, 2.75) is 38.5 Å². The van der Waals surface area contributed by atoms with E-state index >= 15 is 0 Å². The summed E-state index contributed by atoms with van der Waals surface area (Å²) in [4.78, 5) is 47.7. The lowest BCUT2D eigenvalue weighted by Gasteiger charge is -2.32. The highest BCUT2D eigenvalue weighted by Crippen LogP contribution is 2.29. The molecule has 9 nitrogen and oxygen atoms in total. The maximum Gasteiger partial charge on any atom is 0.337 e. The van der Waals surface area contributed by atoms with Gasteiger partial charge >= 0.3 is 5.97 Å². The second kappa shape index (κ2) is 13.7. The van der Waals surface area contributed by atoms with Crippen molar-refractivity contribution in [2.75, 3.05) is 40.5 Å². The molecule has 1 aromatic heterocycles. The third kappa shape index (κ3) is 7.73. The summed E-state index contributed by atoms with van der Waals surface area (Å²) in [6.45, 7) is 3.90. The molecule has 0 atom stereocenters. The molecule has 10 heteroatoms. The first kappa shape index (κ1) is 28.2. The first-order valence-corrected chi connectivity index (χ1v) is 11.5. The molecule has 1 fully saturated rings. The number of methoxy groups -OCH3 is 2. The van der Waals surface area contributed by atoms with Crippen molar-refractivity contribution in [1.82, 2.24) is 20.2 Å². The summed E-state index contributed by atoms with van der Waals surface area (Å²) in [6.07, 6.45) is 4.02. The van der Waals surface area contributed by atoms with Crippen LogP contribution in [0.3, 0.4) is 0 Å². The second-order valence-electron chi connectivity index (χ2n) is 8.31. The highest BCUT2D eigenvalue weighted by atomic mass is 35.5. The minimum absolute atomic E-state index is 0. The Morgan fingerprint density at radius 3 is 2.60 bits per heavy atom.